The Bertz CT molecular complexity index is 259. The number of nitrogens with zero attached hydrogens (tertiary/aromatic N) is 1. The smallest absolute Gasteiger partial charge is 0.0582 e. The second-order valence-electron chi connectivity index (χ2n) is 3.42. The van der Waals surface area contributed by atoms with Gasteiger partial charge in [-0.1, -0.05) is 0 Å². The van der Waals surface area contributed by atoms with E-state index in [9.17, 15) is 0 Å². The summed E-state index contributed by atoms with van der Waals surface area (Å²) in [6, 6.07) is 0.338. The summed E-state index contributed by atoms with van der Waals surface area (Å²) in [6.45, 7) is 6.15. The van der Waals surface area contributed by atoms with E-state index in [4.69, 9.17) is 5.11 Å². The van der Waals surface area contributed by atoms with Crippen molar-refractivity contribution in [3.8, 4) is 0 Å². The number of nitrogens with one attached hydrogen (secondary N) is 2. The third kappa shape index (κ3) is 2.54. The third-order valence-electron chi connectivity index (χ3n) is 2.14. The topological polar surface area (TPSA) is 60.9 Å². The number of aromatic amines is 1. The second-order valence-corrected chi connectivity index (χ2v) is 3.42. The minimum atomic E-state index is 0.115. The van der Waals surface area contributed by atoms with Crippen LogP contribution in [0.4, 0.5) is 0 Å². The van der Waals surface area contributed by atoms with Gasteiger partial charge in [-0.3, -0.25) is 5.10 Å². The molecule has 0 aliphatic heterocycles. The first kappa shape index (κ1) is 10.2. The summed E-state index contributed by atoms with van der Waals surface area (Å²) in [5, 5.41) is 19.0. The highest BCUT2D eigenvalue weighted by molar-refractivity contribution is 5.18. The van der Waals surface area contributed by atoms with Crippen molar-refractivity contribution in [1.82, 2.24) is 15.5 Å². The van der Waals surface area contributed by atoms with Crippen molar-refractivity contribution in [3.05, 3.63) is 17.5 Å². The first-order valence-electron chi connectivity index (χ1n) is 4.52. The molecular formula is C9H17N3O. The van der Waals surface area contributed by atoms with Crippen LogP contribution in [0.1, 0.15) is 31.1 Å². The molecule has 1 unspecified atom stereocenters. The molecule has 0 spiro atoms. The van der Waals surface area contributed by atoms with Gasteiger partial charge >= 0.3 is 0 Å². The van der Waals surface area contributed by atoms with Gasteiger partial charge in [-0.25, -0.2) is 0 Å². The van der Waals surface area contributed by atoms with Crippen LogP contribution in [0.25, 0.3) is 0 Å². The number of rotatable bonds is 4. The minimum absolute atomic E-state index is 0.115. The van der Waals surface area contributed by atoms with Crippen molar-refractivity contribution >= 4 is 0 Å². The van der Waals surface area contributed by atoms with E-state index in [0.717, 1.165) is 11.3 Å². The highest BCUT2D eigenvalue weighted by Crippen LogP contribution is 2.14. The van der Waals surface area contributed by atoms with Crippen LogP contribution in [0.15, 0.2) is 6.20 Å². The molecule has 0 aliphatic carbocycles. The lowest BCUT2D eigenvalue weighted by Gasteiger charge is -2.17. The fraction of sp³-hybridized carbons (Fsp3) is 0.667. The Balaban J connectivity index is 2.58. The number of aliphatic hydroxyl groups is 1. The van der Waals surface area contributed by atoms with Gasteiger partial charge in [-0.15, -0.1) is 0 Å². The number of aromatic nitrogens is 2. The molecule has 0 aliphatic rings. The summed E-state index contributed by atoms with van der Waals surface area (Å²) >= 11 is 0. The minimum Gasteiger partial charge on any atom is -0.395 e. The molecule has 1 aromatic heterocycles. The van der Waals surface area contributed by atoms with Gasteiger partial charge in [0.15, 0.2) is 0 Å². The van der Waals surface area contributed by atoms with Gasteiger partial charge in [0, 0.05) is 23.3 Å². The maximum atomic E-state index is 8.86. The molecule has 3 N–H and O–H groups in total. The van der Waals surface area contributed by atoms with Crippen LogP contribution in [0, 0.1) is 6.92 Å². The highest BCUT2D eigenvalue weighted by atomic mass is 16.3. The van der Waals surface area contributed by atoms with Crippen molar-refractivity contribution in [2.24, 2.45) is 0 Å². The molecular weight excluding hydrogens is 166 g/mol. The predicted molar refractivity (Wildman–Crippen MR) is 51.4 cm³/mol. The van der Waals surface area contributed by atoms with Gasteiger partial charge in [-0.2, -0.15) is 5.10 Å². The number of aryl methyl sites for hydroxylation is 1. The monoisotopic (exact) mass is 183 g/mol. The van der Waals surface area contributed by atoms with E-state index in [1.54, 1.807) is 0 Å². The Morgan fingerprint density at radius 2 is 2.31 bits per heavy atom. The fourth-order valence-corrected chi connectivity index (χ4v) is 1.37. The summed E-state index contributed by atoms with van der Waals surface area (Å²) in [5.74, 6) is 0. The summed E-state index contributed by atoms with van der Waals surface area (Å²) < 4.78 is 0. The van der Waals surface area contributed by atoms with E-state index in [1.807, 2.05) is 20.0 Å². The van der Waals surface area contributed by atoms with Crippen LogP contribution in [0.5, 0.6) is 0 Å². The van der Waals surface area contributed by atoms with Crippen LogP contribution >= 0.6 is 0 Å². The van der Waals surface area contributed by atoms with Crippen LogP contribution in [0.3, 0.4) is 0 Å². The van der Waals surface area contributed by atoms with Gasteiger partial charge in [0.2, 0.25) is 0 Å². The molecule has 0 bridgehead atoms. The molecule has 0 saturated heterocycles. The molecule has 1 aromatic rings. The van der Waals surface area contributed by atoms with Gasteiger partial charge in [0.05, 0.1) is 12.8 Å². The highest BCUT2D eigenvalue weighted by Gasteiger charge is 2.11. The normalized spacial score (nSPS) is 15.7. The second kappa shape index (κ2) is 4.39. The molecule has 2 atom stereocenters. The van der Waals surface area contributed by atoms with E-state index in [0.29, 0.717) is 0 Å². The van der Waals surface area contributed by atoms with Crippen LogP contribution in [0.2, 0.25) is 0 Å². The maximum absolute atomic E-state index is 8.86. The SMILES string of the molecule is Cc1[nH]ncc1C(C)N[C@H](C)CO. The lowest BCUT2D eigenvalue weighted by molar-refractivity contribution is 0.243. The fourth-order valence-electron chi connectivity index (χ4n) is 1.37. The Morgan fingerprint density at radius 1 is 1.62 bits per heavy atom. The van der Waals surface area contributed by atoms with E-state index in [-0.39, 0.29) is 18.7 Å². The van der Waals surface area contributed by atoms with Crippen molar-refractivity contribution in [2.45, 2.75) is 32.9 Å². The molecule has 4 nitrogen and oxygen atoms in total. The molecule has 0 fully saturated rings. The molecule has 4 heteroatoms. The summed E-state index contributed by atoms with van der Waals surface area (Å²) in [5.41, 5.74) is 2.23. The quantitative estimate of drug-likeness (QED) is 0.645. The van der Waals surface area contributed by atoms with E-state index >= 15 is 0 Å². The number of hydrogen-bond donors (Lipinski definition) is 3. The van der Waals surface area contributed by atoms with Crippen LogP contribution in [-0.2, 0) is 0 Å². The third-order valence-corrected chi connectivity index (χ3v) is 2.14. The van der Waals surface area contributed by atoms with E-state index in [2.05, 4.69) is 22.4 Å². The molecule has 1 rings (SSSR count). The average molecular weight is 183 g/mol. The lowest BCUT2D eigenvalue weighted by atomic mass is 10.1. The zero-order valence-corrected chi connectivity index (χ0v) is 8.33. The van der Waals surface area contributed by atoms with Crippen molar-refractivity contribution in [3.63, 3.8) is 0 Å². The standard InChI is InChI=1S/C9H17N3O/c1-6(5-13)11-7(2)9-4-10-12-8(9)3/h4,6-7,11,13H,5H2,1-3H3,(H,10,12)/t6-,7?/m1/s1. The van der Waals surface area contributed by atoms with Crippen molar-refractivity contribution < 1.29 is 5.11 Å². The van der Waals surface area contributed by atoms with Gasteiger partial charge in [0.25, 0.3) is 0 Å². The number of hydrogen-bond acceptors (Lipinski definition) is 3. The van der Waals surface area contributed by atoms with Gasteiger partial charge in [-0.05, 0) is 20.8 Å². The molecule has 13 heavy (non-hydrogen) atoms. The molecule has 0 radical (unpaired) electrons. The summed E-state index contributed by atoms with van der Waals surface area (Å²) in [7, 11) is 0. The summed E-state index contributed by atoms with van der Waals surface area (Å²) in [6.07, 6.45) is 1.82. The molecule has 74 valence electrons. The molecule has 0 amide bonds. The lowest BCUT2D eigenvalue weighted by Crippen LogP contribution is -2.31. The van der Waals surface area contributed by atoms with Crippen LogP contribution in [-0.4, -0.2) is 28.0 Å². The Hall–Kier alpha value is -0.870. The first-order valence-corrected chi connectivity index (χ1v) is 4.52. The largest absolute Gasteiger partial charge is 0.395 e. The predicted octanol–water partition coefficient (Wildman–Crippen LogP) is 0.750. The van der Waals surface area contributed by atoms with E-state index < -0.39 is 0 Å². The number of aliphatic hydroxyl groups excluding tert-OH is 1. The maximum Gasteiger partial charge on any atom is 0.0582 e. The molecule has 0 aromatic carbocycles. The molecule has 0 saturated carbocycles. The van der Waals surface area contributed by atoms with Crippen LogP contribution < -0.4 is 5.32 Å². The van der Waals surface area contributed by atoms with Gasteiger partial charge in [0.1, 0.15) is 0 Å². The average Bonchev–Trinajstić information content (AvgIpc) is 2.51. The van der Waals surface area contributed by atoms with Crippen molar-refractivity contribution in [1.29, 1.82) is 0 Å². The number of H-pyrrole nitrogens is 1. The van der Waals surface area contributed by atoms with Gasteiger partial charge < -0.3 is 10.4 Å². The Kier molecular flexibility index (Phi) is 3.45. The van der Waals surface area contributed by atoms with Crippen molar-refractivity contribution in [2.75, 3.05) is 6.61 Å². The Morgan fingerprint density at radius 3 is 2.77 bits per heavy atom. The van der Waals surface area contributed by atoms with E-state index in [1.165, 1.54) is 0 Å². The zero-order valence-electron chi connectivity index (χ0n) is 8.33. The first-order chi connectivity index (χ1) is 6.15. The summed E-state index contributed by atoms with van der Waals surface area (Å²) in [4.78, 5) is 0. The zero-order chi connectivity index (χ0) is 9.84. The molecule has 1 heterocycles. The Labute approximate surface area is 78.4 Å².